The Morgan fingerprint density at radius 1 is 1.38 bits per heavy atom. The largest absolute Gasteiger partial charge is 0.333 e. The van der Waals surface area contributed by atoms with Crippen LogP contribution >= 0.6 is 0 Å². The molecule has 2 unspecified atom stereocenters. The molecular formula is C13H19N5O2S. The Hall–Kier alpha value is -1.67. The maximum absolute atomic E-state index is 12.6. The molecule has 2 N–H and O–H groups in total. The first-order valence-electron chi connectivity index (χ1n) is 7.00. The molecule has 0 radical (unpaired) electrons. The third-order valence-electron chi connectivity index (χ3n) is 4.02. The molecule has 1 aliphatic rings. The highest BCUT2D eigenvalue weighted by Crippen LogP contribution is 2.31. The zero-order valence-electron chi connectivity index (χ0n) is 12.1. The molecule has 21 heavy (non-hydrogen) atoms. The third-order valence-corrected chi connectivity index (χ3v) is 5.78. The fourth-order valence-corrected chi connectivity index (χ4v) is 4.77. The molecule has 0 saturated heterocycles. The maximum atomic E-state index is 12.6. The number of aryl methyl sites for hydroxylation is 2. The monoisotopic (exact) mass is 309 g/mol. The molecule has 0 aromatic carbocycles. The Morgan fingerprint density at radius 3 is 2.81 bits per heavy atom. The molecule has 7 nitrogen and oxygen atoms in total. The van der Waals surface area contributed by atoms with Crippen molar-refractivity contribution in [2.75, 3.05) is 0 Å². The summed E-state index contributed by atoms with van der Waals surface area (Å²) < 4.78 is 30.0. The maximum Gasteiger partial charge on any atom is 0.244 e. The minimum atomic E-state index is -3.56. The Bertz CT molecular complexity index is 700. The van der Waals surface area contributed by atoms with Crippen LogP contribution in [0.2, 0.25) is 0 Å². The molecule has 1 fully saturated rings. The van der Waals surface area contributed by atoms with Crippen molar-refractivity contribution in [2.45, 2.75) is 50.1 Å². The number of hydrogen-bond donors (Lipinski definition) is 2. The number of hydrogen-bond acceptors (Lipinski definition) is 4. The highest BCUT2D eigenvalue weighted by molar-refractivity contribution is 7.89. The number of nitrogens with zero attached hydrogens (tertiary/aromatic N) is 3. The summed E-state index contributed by atoms with van der Waals surface area (Å²) in [5.74, 6) is 0. The van der Waals surface area contributed by atoms with Crippen LogP contribution < -0.4 is 4.72 Å². The van der Waals surface area contributed by atoms with Gasteiger partial charge in [0.15, 0.2) is 0 Å². The minimum absolute atomic E-state index is 0.113. The smallest absolute Gasteiger partial charge is 0.244 e. The first kappa shape index (κ1) is 14.3. The second-order valence-electron chi connectivity index (χ2n) is 5.50. The molecule has 0 spiro atoms. The summed E-state index contributed by atoms with van der Waals surface area (Å²) in [7, 11) is -3.56. The average molecular weight is 309 g/mol. The molecular weight excluding hydrogens is 290 g/mol. The number of sulfonamides is 1. The topological polar surface area (TPSA) is 92.7 Å². The first-order chi connectivity index (χ1) is 9.99. The molecule has 0 amide bonds. The van der Waals surface area contributed by atoms with Crippen LogP contribution in [0.4, 0.5) is 0 Å². The van der Waals surface area contributed by atoms with Gasteiger partial charge in [-0.05, 0) is 33.1 Å². The van der Waals surface area contributed by atoms with Gasteiger partial charge in [0.2, 0.25) is 10.0 Å². The van der Waals surface area contributed by atoms with Crippen LogP contribution in [0.25, 0.3) is 0 Å². The van der Waals surface area contributed by atoms with E-state index in [-0.39, 0.29) is 17.0 Å². The van der Waals surface area contributed by atoms with Crippen LogP contribution in [0.3, 0.4) is 0 Å². The Kier molecular flexibility index (Phi) is 3.58. The summed E-state index contributed by atoms with van der Waals surface area (Å²) in [6, 6.07) is 0.00712. The molecule has 1 saturated carbocycles. The lowest BCUT2D eigenvalue weighted by molar-refractivity contribution is 0.431. The van der Waals surface area contributed by atoms with Gasteiger partial charge in [0, 0.05) is 18.4 Å². The lowest BCUT2D eigenvalue weighted by Crippen LogP contribution is -2.38. The van der Waals surface area contributed by atoms with Crippen molar-refractivity contribution in [1.82, 2.24) is 24.5 Å². The van der Waals surface area contributed by atoms with Gasteiger partial charge in [-0.1, -0.05) is 0 Å². The number of imidazole rings is 1. The molecule has 2 heterocycles. The Morgan fingerprint density at radius 2 is 2.19 bits per heavy atom. The van der Waals surface area contributed by atoms with Crippen LogP contribution in [-0.4, -0.2) is 34.2 Å². The van der Waals surface area contributed by atoms with E-state index in [4.69, 9.17) is 0 Å². The van der Waals surface area contributed by atoms with E-state index in [9.17, 15) is 8.42 Å². The van der Waals surface area contributed by atoms with E-state index in [0.29, 0.717) is 11.4 Å². The van der Waals surface area contributed by atoms with E-state index in [1.54, 1.807) is 26.4 Å². The Balaban J connectivity index is 1.86. The minimum Gasteiger partial charge on any atom is -0.333 e. The molecule has 2 aromatic rings. The number of H-pyrrole nitrogens is 1. The SMILES string of the molecule is Cc1n[nH]c(C)c1S(=O)(=O)NC1CCCC1n1ccnc1. The zero-order chi connectivity index (χ0) is 15.0. The summed E-state index contributed by atoms with van der Waals surface area (Å²) in [6.07, 6.45) is 8.12. The van der Waals surface area contributed by atoms with Gasteiger partial charge in [0.25, 0.3) is 0 Å². The Labute approximate surface area is 123 Å². The number of nitrogens with one attached hydrogen (secondary N) is 2. The van der Waals surface area contributed by atoms with Crippen molar-refractivity contribution in [2.24, 2.45) is 0 Å². The van der Waals surface area contributed by atoms with Crippen molar-refractivity contribution in [1.29, 1.82) is 0 Å². The van der Waals surface area contributed by atoms with Gasteiger partial charge in [0.1, 0.15) is 4.90 Å². The van der Waals surface area contributed by atoms with Gasteiger partial charge in [0.05, 0.1) is 23.8 Å². The third kappa shape index (κ3) is 2.60. The predicted molar refractivity (Wildman–Crippen MR) is 77.3 cm³/mol. The lowest BCUT2D eigenvalue weighted by Gasteiger charge is -2.22. The highest BCUT2D eigenvalue weighted by Gasteiger charge is 2.33. The highest BCUT2D eigenvalue weighted by atomic mass is 32.2. The molecule has 0 bridgehead atoms. The van der Waals surface area contributed by atoms with Crippen LogP contribution in [0.15, 0.2) is 23.6 Å². The standard InChI is InChI=1S/C13H19N5O2S/c1-9-13(10(2)16-15-9)21(19,20)17-11-4-3-5-12(11)18-7-6-14-8-18/h6-8,11-12,17H,3-5H2,1-2H3,(H,15,16). The second-order valence-corrected chi connectivity index (χ2v) is 7.15. The van der Waals surface area contributed by atoms with Gasteiger partial charge in [-0.25, -0.2) is 18.1 Å². The fourth-order valence-electron chi connectivity index (χ4n) is 3.10. The molecule has 3 rings (SSSR count). The van der Waals surface area contributed by atoms with Crippen molar-refractivity contribution >= 4 is 10.0 Å². The van der Waals surface area contributed by atoms with Crippen LogP contribution in [0, 0.1) is 13.8 Å². The number of rotatable bonds is 4. The second kappa shape index (κ2) is 5.27. The molecule has 114 valence electrons. The molecule has 1 aliphatic carbocycles. The summed E-state index contributed by atoms with van der Waals surface area (Å²) in [5, 5.41) is 6.69. The zero-order valence-corrected chi connectivity index (χ0v) is 12.9. The van der Waals surface area contributed by atoms with Gasteiger partial charge >= 0.3 is 0 Å². The summed E-state index contributed by atoms with van der Waals surface area (Å²) in [5.41, 5.74) is 1.06. The van der Waals surface area contributed by atoms with Gasteiger partial charge < -0.3 is 4.57 Å². The van der Waals surface area contributed by atoms with E-state index in [2.05, 4.69) is 19.9 Å². The molecule has 2 atom stereocenters. The van der Waals surface area contributed by atoms with Crippen LogP contribution in [0.1, 0.15) is 36.7 Å². The average Bonchev–Trinajstić information content (AvgIpc) is 3.10. The quantitative estimate of drug-likeness (QED) is 0.890. The van der Waals surface area contributed by atoms with E-state index < -0.39 is 10.0 Å². The van der Waals surface area contributed by atoms with E-state index in [1.165, 1.54) is 0 Å². The lowest BCUT2D eigenvalue weighted by atomic mass is 10.2. The van der Waals surface area contributed by atoms with E-state index in [0.717, 1.165) is 19.3 Å². The number of aromatic nitrogens is 4. The van der Waals surface area contributed by atoms with Crippen molar-refractivity contribution in [3.63, 3.8) is 0 Å². The van der Waals surface area contributed by atoms with Crippen LogP contribution in [-0.2, 0) is 10.0 Å². The van der Waals surface area contributed by atoms with E-state index >= 15 is 0 Å². The summed E-state index contributed by atoms with van der Waals surface area (Å²) >= 11 is 0. The molecule has 0 aliphatic heterocycles. The number of aromatic amines is 1. The van der Waals surface area contributed by atoms with Crippen LogP contribution in [0.5, 0.6) is 0 Å². The van der Waals surface area contributed by atoms with Crippen molar-refractivity contribution < 1.29 is 8.42 Å². The van der Waals surface area contributed by atoms with Crippen molar-refractivity contribution in [3.05, 3.63) is 30.1 Å². The molecule has 8 heteroatoms. The van der Waals surface area contributed by atoms with E-state index in [1.807, 2.05) is 10.8 Å². The molecule has 2 aromatic heterocycles. The van der Waals surface area contributed by atoms with Gasteiger partial charge in [-0.15, -0.1) is 0 Å². The first-order valence-corrected chi connectivity index (χ1v) is 8.48. The van der Waals surface area contributed by atoms with Crippen molar-refractivity contribution in [3.8, 4) is 0 Å². The van der Waals surface area contributed by atoms with Gasteiger partial charge in [-0.2, -0.15) is 5.10 Å². The summed E-state index contributed by atoms with van der Waals surface area (Å²) in [4.78, 5) is 4.31. The summed E-state index contributed by atoms with van der Waals surface area (Å²) in [6.45, 7) is 3.41. The predicted octanol–water partition coefficient (Wildman–Crippen LogP) is 1.30. The normalized spacial score (nSPS) is 22.8. The van der Waals surface area contributed by atoms with Gasteiger partial charge in [-0.3, -0.25) is 5.10 Å². The fraction of sp³-hybridized carbons (Fsp3) is 0.538.